The van der Waals surface area contributed by atoms with Crippen LogP contribution in [0.4, 0.5) is 11.5 Å². The largest absolute Gasteiger partial charge is 0.384 e. The van der Waals surface area contributed by atoms with Crippen LogP contribution in [-0.2, 0) is 10.0 Å². The van der Waals surface area contributed by atoms with Gasteiger partial charge in [-0.05, 0) is 30.7 Å². The van der Waals surface area contributed by atoms with Crippen LogP contribution in [0.3, 0.4) is 0 Å². The van der Waals surface area contributed by atoms with Crippen LogP contribution in [0.1, 0.15) is 5.56 Å². The Morgan fingerprint density at radius 2 is 2.00 bits per heavy atom. The SMILES string of the molecule is Cc1ccc(Br)cc1NS(=O)(=O)c1ccnc(N)c1. The van der Waals surface area contributed by atoms with E-state index in [-0.39, 0.29) is 10.7 Å². The summed E-state index contributed by atoms with van der Waals surface area (Å²) >= 11 is 3.31. The molecule has 0 fully saturated rings. The van der Waals surface area contributed by atoms with Crippen LogP contribution >= 0.6 is 15.9 Å². The number of benzene rings is 1. The summed E-state index contributed by atoms with van der Waals surface area (Å²) in [4.78, 5) is 3.85. The number of aromatic nitrogens is 1. The van der Waals surface area contributed by atoms with E-state index in [0.29, 0.717) is 5.69 Å². The zero-order chi connectivity index (χ0) is 14.0. The van der Waals surface area contributed by atoms with Gasteiger partial charge in [0, 0.05) is 16.7 Å². The minimum Gasteiger partial charge on any atom is -0.384 e. The van der Waals surface area contributed by atoms with Gasteiger partial charge in [-0.1, -0.05) is 22.0 Å². The van der Waals surface area contributed by atoms with Crippen molar-refractivity contribution in [1.82, 2.24) is 4.98 Å². The van der Waals surface area contributed by atoms with Crippen molar-refractivity contribution in [3.05, 3.63) is 46.6 Å². The van der Waals surface area contributed by atoms with Gasteiger partial charge >= 0.3 is 0 Å². The summed E-state index contributed by atoms with van der Waals surface area (Å²) in [7, 11) is -3.67. The van der Waals surface area contributed by atoms with Gasteiger partial charge in [-0.15, -0.1) is 0 Å². The molecule has 0 aliphatic carbocycles. The molecule has 2 aromatic rings. The molecule has 0 bridgehead atoms. The Morgan fingerprint density at radius 1 is 1.26 bits per heavy atom. The molecule has 100 valence electrons. The van der Waals surface area contributed by atoms with Gasteiger partial charge in [-0.2, -0.15) is 0 Å². The molecule has 5 nitrogen and oxygen atoms in total. The maximum Gasteiger partial charge on any atom is 0.262 e. The van der Waals surface area contributed by atoms with Crippen molar-refractivity contribution in [2.75, 3.05) is 10.5 Å². The highest BCUT2D eigenvalue weighted by Crippen LogP contribution is 2.23. The van der Waals surface area contributed by atoms with E-state index in [1.54, 1.807) is 6.07 Å². The van der Waals surface area contributed by atoms with Crippen molar-refractivity contribution < 1.29 is 8.42 Å². The Morgan fingerprint density at radius 3 is 2.68 bits per heavy atom. The zero-order valence-electron chi connectivity index (χ0n) is 10.1. The molecule has 0 aliphatic heterocycles. The highest BCUT2D eigenvalue weighted by Gasteiger charge is 2.15. The van der Waals surface area contributed by atoms with E-state index in [1.165, 1.54) is 18.3 Å². The Balaban J connectivity index is 2.39. The first-order chi connectivity index (χ1) is 8.88. The van der Waals surface area contributed by atoms with E-state index >= 15 is 0 Å². The van der Waals surface area contributed by atoms with Crippen LogP contribution in [0.15, 0.2) is 45.9 Å². The standard InChI is InChI=1S/C12H12BrN3O2S/c1-8-2-3-9(13)6-11(8)16-19(17,18)10-4-5-15-12(14)7-10/h2-7,16H,1H3,(H2,14,15). The first-order valence-electron chi connectivity index (χ1n) is 5.39. The number of nitrogens with zero attached hydrogens (tertiary/aromatic N) is 1. The van der Waals surface area contributed by atoms with Crippen LogP contribution in [0, 0.1) is 6.92 Å². The number of nitrogens with one attached hydrogen (secondary N) is 1. The van der Waals surface area contributed by atoms with E-state index < -0.39 is 10.0 Å². The lowest BCUT2D eigenvalue weighted by Crippen LogP contribution is -2.14. The Labute approximate surface area is 120 Å². The van der Waals surface area contributed by atoms with Gasteiger partial charge in [0.15, 0.2) is 0 Å². The molecule has 1 heterocycles. The Bertz CT molecular complexity index is 717. The molecule has 3 N–H and O–H groups in total. The Kier molecular flexibility index (Phi) is 3.77. The molecule has 1 aromatic carbocycles. The molecule has 2 rings (SSSR count). The summed E-state index contributed by atoms with van der Waals surface area (Å²) in [5.74, 6) is 0.161. The molecule has 0 spiro atoms. The summed E-state index contributed by atoms with van der Waals surface area (Å²) in [6, 6.07) is 8.08. The summed E-state index contributed by atoms with van der Waals surface area (Å²) in [5.41, 5.74) is 6.84. The van der Waals surface area contributed by atoms with Crippen molar-refractivity contribution in [2.24, 2.45) is 0 Å². The lowest BCUT2D eigenvalue weighted by atomic mass is 10.2. The molecule has 0 atom stereocenters. The quantitative estimate of drug-likeness (QED) is 0.898. The van der Waals surface area contributed by atoms with E-state index in [9.17, 15) is 8.42 Å². The molecule has 0 saturated carbocycles. The lowest BCUT2D eigenvalue weighted by Gasteiger charge is -2.11. The van der Waals surface area contributed by atoms with E-state index in [2.05, 4.69) is 25.6 Å². The third kappa shape index (κ3) is 3.24. The molecule has 19 heavy (non-hydrogen) atoms. The van der Waals surface area contributed by atoms with Crippen molar-refractivity contribution in [2.45, 2.75) is 11.8 Å². The monoisotopic (exact) mass is 341 g/mol. The third-order valence-electron chi connectivity index (χ3n) is 2.51. The van der Waals surface area contributed by atoms with Gasteiger partial charge in [0.25, 0.3) is 10.0 Å². The number of rotatable bonds is 3. The number of hydrogen-bond acceptors (Lipinski definition) is 4. The van der Waals surface area contributed by atoms with Gasteiger partial charge in [-0.25, -0.2) is 13.4 Å². The number of nitrogens with two attached hydrogens (primary N) is 1. The van der Waals surface area contributed by atoms with Crippen LogP contribution in [-0.4, -0.2) is 13.4 Å². The summed E-state index contributed by atoms with van der Waals surface area (Å²) in [6.07, 6.45) is 1.36. The van der Waals surface area contributed by atoms with Crippen LogP contribution in [0.5, 0.6) is 0 Å². The molecule has 0 amide bonds. The fourth-order valence-electron chi connectivity index (χ4n) is 1.50. The second-order valence-corrected chi connectivity index (χ2v) is 6.58. The van der Waals surface area contributed by atoms with Gasteiger partial charge in [0.2, 0.25) is 0 Å². The average molecular weight is 342 g/mol. The fourth-order valence-corrected chi connectivity index (χ4v) is 3.01. The van der Waals surface area contributed by atoms with Crippen molar-refractivity contribution >= 4 is 37.5 Å². The smallest absolute Gasteiger partial charge is 0.262 e. The van der Waals surface area contributed by atoms with Crippen LogP contribution < -0.4 is 10.5 Å². The maximum atomic E-state index is 12.2. The summed E-state index contributed by atoms with van der Waals surface area (Å²) in [5, 5.41) is 0. The number of hydrogen-bond donors (Lipinski definition) is 2. The molecular formula is C12H12BrN3O2S. The minimum atomic E-state index is -3.67. The number of anilines is 2. The second kappa shape index (κ2) is 5.18. The van der Waals surface area contributed by atoms with E-state index in [4.69, 9.17) is 5.73 Å². The zero-order valence-corrected chi connectivity index (χ0v) is 12.5. The van der Waals surface area contributed by atoms with Gasteiger partial charge in [0.1, 0.15) is 5.82 Å². The highest BCUT2D eigenvalue weighted by molar-refractivity contribution is 9.10. The molecule has 0 aliphatic rings. The predicted molar refractivity (Wildman–Crippen MR) is 78.3 cm³/mol. The van der Waals surface area contributed by atoms with Gasteiger partial charge in [0.05, 0.1) is 10.6 Å². The second-order valence-electron chi connectivity index (χ2n) is 3.98. The number of halogens is 1. The van der Waals surface area contributed by atoms with Gasteiger partial charge in [-0.3, -0.25) is 4.72 Å². The van der Waals surface area contributed by atoms with E-state index in [1.807, 2.05) is 19.1 Å². The van der Waals surface area contributed by atoms with Crippen molar-refractivity contribution in [3.63, 3.8) is 0 Å². The lowest BCUT2D eigenvalue weighted by molar-refractivity contribution is 0.601. The molecule has 0 saturated heterocycles. The van der Waals surface area contributed by atoms with Crippen molar-refractivity contribution in [1.29, 1.82) is 0 Å². The summed E-state index contributed by atoms with van der Waals surface area (Å²) in [6.45, 7) is 1.82. The maximum absolute atomic E-state index is 12.2. The molecule has 0 unspecified atom stereocenters. The van der Waals surface area contributed by atoms with E-state index in [0.717, 1.165) is 10.0 Å². The minimum absolute atomic E-state index is 0.0828. The van der Waals surface area contributed by atoms with Crippen LogP contribution in [0.2, 0.25) is 0 Å². The third-order valence-corrected chi connectivity index (χ3v) is 4.36. The molecule has 0 radical (unpaired) electrons. The van der Waals surface area contributed by atoms with Gasteiger partial charge < -0.3 is 5.73 Å². The normalized spacial score (nSPS) is 11.3. The number of aryl methyl sites for hydroxylation is 1. The Hall–Kier alpha value is -1.60. The first kappa shape index (κ1) is 13.8. The van der Waals surface area contributed by atoms with Crippen LogP contribution in [0.25, 0.3) is 0 Å². The number of sulfonamides is 1. The number of nitrogen functional groups attached to an aromatic ring is 1. The molecular weight excluding hydrogens is 330 g/mol. The molecule has 1 aromatic heterocycles. The molecule has 7 heteroatoms. The fraction of sp³-hybridized carbons (Fsp3) is 0.0833. The van der Waals surface area contributed by atoms with Crippen molar-refractivity contribution in [3.8, 4) is 0 Å². The topological polar surface area (TPSA) is 85.1 Å². The average Bonchev–Trinajstić information content (AvgIpc) is 2.33. The predicted octanol–water partition coefficient (Wildman–Crippen LogP) is 2.54. The highest BCUT2D eigenvalue weighted by atomic mass is 79.9. The first-order valence-corrected chi connectivity index (χ1v) is 7.66. The number of pyridine rings is 1. The summed E-state index contributed by atoms with van der Waals surface area (Å²) < 4.78 is 27.7.